The monoisotopic (exact) mass is 1100 g/mol. The molecule has 0 unspecified atom stereocenters. The first kappa shape index (κ1) is 57.2. The number of aryl methyl sites for hydroxylation is 1. The van der Waals surface area contributed by atoms with Crippen LogP contribution in [0.15, 0.2) is 140 Å². The molecule has 0 aliphatic heterocycles. The van der Waals surface area contributed by atoms with Gasteiger partial charge < -0.3 is 0 Å². The number of fused-ring (bicyclic) bond motifs is 1. The van der Waals surface area contributed by atoms with Gasteiger partial charge in [0.05, 0.1) is 49.9 Å². The van der Waals surface area contributed by atoms with Crippen LogP contribution in [0.3, 0.4) is 0 Å². The summed E-state index contributed by atoms with van der Waals surface area (Å²) in [7, 11) is 0. The number of alkyl halides is 24. The number of hydrogen-bond acceptors (Lipinski definition) is 1. The normalized spacial score (nSPS) is 13.4. The van der Waals surface area contributed by atoms with Crippen LogP contribution < -0.4 is 31.4 Å². The van der Waals surface area contributed by atoms with Crippen LogP contribution in [0, 0.1) is 6.92 Å². The zero-order valence-electron chi connectivity index (χ0n) is 36.8. The second-order valence-electron chi connectivity index (χ2n) is 16.5. The minimum atomic E-state index is -6.13. The minimum Gasteiger partial charge on any atom is -0.231 e. The Morgan fingerprint density at radius 3 is 0.853 bits per heavy atom. The molecule has 0 fully saturated rings. The summed E-state index contributed by atoms with van der Waals surface area (Å²) in [4.78, 5) is 5.94. The molecular formula is C48H26BF24NO. The zero-order valence-corrected chi connectivity index (χ0v) is 36.8. The first-order chi connectivity index (χ1) is 34.1. The van der Waals surface area contributed by atoms with Crippen molar-refractivity contribution in [1.29, 1.82) is 0 Å². The average Bonchev–Trinajstić information content (AvgIpc) is 3.28. The van der Waals surface area contributed by atoms with Crippen LogP contribution in [0.25, 0.3) is 10.9 Å². The third kappa shape index (κ3) is 12.7. The molecule has 0 amide bonds. The van der Waals surface area contributed by atoms with E-state index in [9.17, 15) is 105 Å². The number of pyridine rings is 1. The van der Waals surface area contributed by atoms with Gasteiger partial charge in [0, 0.05) is 16.9 Å². The van der Waals surface area contributed by atoms with Gasteiger partial charge in [0.2, 0.25) is 11.9 Å². The molecule has 0 spiro atoms. The lowest BCUT2D eigenvalue weighted by atomic mass is 9.12. The summed E-state index contributed by atoms with van der Waals surface area (Å²) in [6.45, 7) is 2.04. The third-order valence-corrected chi connectivity index (χ3v) is 11.4. The number of halogens is 24. The van der Waals surface area contributed by atoms with Crippen molar-refractivity contribution in [3.63, 3.8) is 0 Å². The van der Waals surface area contributed by atoms with Crippen molar-refractivity contribution >= 4 is 38.9 Å². The van der Waals surface area contributed by atoms with Crippen molar-refractivity contribution in [3.05, 3.63) is 190 Å². The van der Waals surface area contributed by atoms with Crippen LogP contribution in [0.5, 0.6) is 5.75 Å². The first-order valence-electron chi connectivity index (χ1n) is 20.6. The van der Waals surface area contributed by atoms with E-state index in [1.165, 1.54) is 0 Å². The largest absolute Gasteiger partial charge is 0.416 e. The molecule has 0 aliphatic carbocycles. The van der Waals surface area contributed by atoms with Gasteiger partial charge in [-0.1, -0.05) is 78.9 Å². The number of hydrogen-bond donors (Lipinski definition) is 0. The Morgan fingerprint density at radius 2 is 0.573 bits per heavy atom. The molecule has 2 nitrogen and oxygen atoms in total. The topological polar surface area (TPSA) is 13.1 Å². The van der Waals surface area contributed by atoms with Crippen molar-refractivity contribution in [2.45, 2.75) is 56.3 Å². The maximum Gasteiger partial charge on any atom is 0.416 e. The van der Waals surface area contributed by atoms with Crippen LogP contribution in [0.1, 0.15) is 50.1 Å². The average molecular weight is 1100 g/mol. The van der Waals surface area contributed by atoms with E-state index in [0.717, 1.165) is 22.2 Å². The molecule has 7 aromatic rings. The predicted molar refractivity (Wildman–Crippen MR) is 221 cm³/mol. The number of para-hydroxylation sites is 2. The van der Waals surface area contributed by atoms with E-state index in [4.69, 9.17) is 4.84 Å². The lowest BCUT2D eigenvalue weighted by molar-refractivity contribution is -0.854. The lowest BCUT2D eigenvalue weighted by Crippen LogP contribution is -2.75. The van der Waals surface area contributed by atoms with Gasteiger partial charge in [-0.3, -0.25) is 0 Å². The molecule has 0 saturated heterocycles. The van der Waals surface area contributed by atoms with Gasteiger partial charge in [-0.15, -0.1) is 0 Å². The molecule has 0 atom stereocenters. The van der Waals surface area contributed by atoms with E-state index in [2.05, 4.69) is 12.1 Å². The van der Waals surface area contributed by atoms with E-state index in [-0.39, 0.29) is 0 Å². The number of benzene rings is 6. The van der Waals surface area contributed by atoms with Gasteiger partial charge in [-0.2, -0.15) is 127 Å². The van der Waals surface area contributed by atoms with E-state index in [0.29, 0.717) is 0 Å². The summed E-state index contributed by atoms with van der Waals surface area (Å²) < 4.78 is 343. The van der Waals surface area contributed by atoms with Crippen molar-refractivity contribution in [3.8, 4) is 5.75 Å². The molecule has 27 heteroatoms. The van der Waals surface area contributed by atoms with Gasteiger partial charge in [-0.05, 0) is 55.0 Å². The quantitative estimate of drug-likeness (QED) is 0.0919. The highest BCUT2D eigenvalue weighted by atomic mass is 19.4. The summed E-state index contributed by atoms with van der Waals surface area (Å²) >= 11 is 0. The third-order valence-electron chi connectivity index (χ3n) is 11.4. The SMILES string of the molecule is Cc1ccccc1O[n+]1cccc2ccccc21.FC(F)(F)c1cc([B-](c2cc(C(F)(F)F)cc(C(F)(F)F)c2)(c2cc(C(F)(F)F)cc(C(F)(F)F)c2)c2cc(C(F)(F)F)cc(C(F)(F)F)c2)cc(C(F)(F)F)c1. The fraction of sp³-hybridized carbons (Fsp3) is 0.188. The van der Waals surface area contributed by atoms with Crippen LogP contribution >= 0.6 is 0 Å². The molecule has 1 aromatic heterocycles. The van der Waals surface area contributed by atoms with Crippen LogP contribution in [0.2, 0.25) is 0 Å². The van der Waals surface area contributed by atoms with Gasteiger partial charge in [0.1, 0.15) is 6.15 Å². The molecule has 0 bridgehead atoms. The fourth-order valence-electron chi connectivity index (χ4n) is 8.05. The van der Waals surface area contributed by atoms with Crippen LogP contribution in [-0.4, -0.2) is 6.15 Å². The van der Waals surface area contributed by atoms with Gasteiger partial charge >= 0.3 is 49.4 Å². The molecule has 7 rings (SSSR count). The smallest absolute Gasteiger partial charge is 0.231 e. The van der Waals surface area contributed by atoms with E-state index in [1.807, 2.05) is 61.7 Å². The van der Waals surface area contributed by atoms with Crippen molar-refractivity contribution in [1.82, 2.24) is 0 Å². The van der Waals surface area contributed by atoms with Crippen LogP contribution in [-0.2, 0) is 49.4 Å². The van der Waals surface area contributed by atoms with Gasteiger partial charge in [-0.25, -0.2) is 4.84 Å². The van der Waals surface area contributed by atoms with Crippen LogP contribution in [0.4, 0.5) is 105 Å². The number of aromatic nitrogens is 1. The van der Waals surface area contributed by atoms with Gasteiger partial charge in [0.25, 0.3) is 5.52 Å². The molecule has 6 aromatic carbocycles. The summed E-state index contributed by atoms with van der Waals surface area (Å²) in [6.07, 6.45) is -52.9. The van der Waals surface area contributed by atoms with Gasteiger partial charge in [0.15, 0.2) is 0 Å². The Balaban J connectivity index is 0.000000421. The summed E-state index contributed by atoms with van der Waals surface area (Å²) in [5, 5.41) is 1.16. The van der Waals surface area contributed by atoms with Crippen molar-refractivity contribution in [2.24, 2.45) is 0 Å². The zero-order chi connectivity index (χ0) is 56.3. The Labute approximate surface area is 405 Å². The summed E-state index contributed by atoms with van der Waals surface area (Å²) in [5.74, 6) is 0.874. The molecule has 75 heavy (non-hydrogen) atoms. The Bertz CT molecular complexity index is 2770. The Kier molecular flexibility index (Phi) is 14.9. The molecule has 400 valence electrons. The number of nitrogens with zero attached hydrogens (tertiary/aromatic N) is 1. The standard InChI is InChI=1S/C32H12BF24.C16H14NO/c34-25(35,36)13-1-14(26(37,38)39)6-21(5-13)33(22-7-15(27(40,41)42)2-16(8-22)28(43,44)45,23-9-17(29(46,47)48)3-18(10-23)30(49,50)51)24-11-19(31(52,53)54)4-20(12-24)32(55,56)57;1-13-7-2-5-11-16(13)18-17-12-6-9-14-8-3-4-10-15(14)17/h1-12H;2-12H,1H3/q-1;+1. The maximum absolute atomic E-state index is 14.2. The lowest BCUT2D eigenvalue weighted by Gasteiger charge is -2.46. The Hall–Kier alpha value is -7.09. The van der Waals surface area contributed by atoms with E-state index < -0.39 is 195 Å². The summed E-state index contributed by atoms with van der Waals surface area (Å²) in [6, 6.07) is 11.4. The van der Waals surface area contributed by atoms with Crippen molar-refractivity contribution in [2.75, 3.05) is 0 Å². The fourth-order valence-corrected chi connectivity index (χ4v) is 8.05. The first-order valence-corrected chi connectivity index (χ1v) is 20.6. The molecule has 0 radical (unpaired) electrons. The Morgan fingerprint density at radius 1 is 0.320 bits per heavy atom. The maximum atomic E-state index is 14.2. The molecule has 0 N–H and O–H groups in total. The highest BCUT2D eigenvalue weighted by Crippen LogP contribution is 2.41. The second-order valence-corrected chi connectivity index (χ2v) is 16.5. The summed E-state index contributed by atoms with van der Waals surface area (Å²) in [5.41, 5.74) is -28.0. The predicted octanol–water partition coefficient (Wildman–Crippen LogP) is 14.5. The minimum absolute atomic E-state index is 0.691. The molecule has 1 heterocycles. The molecule has 0 aliphatic rings. The molecule has 0 saturated carbocycles. The second kappa shape index (κ2) is 19.6. The highest BCUT2D eigenvalue weighted by molar-refractivity contribution is 7.20. The highest BCUT2D eigenvalue weighted by Gasteiger charge is 2.47. The van der Waals surface area contributed by atoms with Crippen molar-refractivity contribution < 1.29 is 115 Å². The molecular weight excluding hydrogens is 1070 g/mol. The van der Waals surface area contributed by atoms with E-state index >= 15 is 0 Å². The van der Waals surface area contributed by atoms with E-state index in [1.54, 1.807) is 4.73 Å². The number of rotatable bonds is 6.